The Morgan fingerprint density at radius 3 is 2.70 bits per heavy atom. The quantitative estimate of drug-likeness (QED) is 0.566. The van der Waals surface area contributed by atoms with Crippen molar-refractivity contribution in [2.45, 2.75) is 19.9 Å². The normalized spacial score (nSPS) is 10.3. The summed E-state index contributed by atoms with van der Waals surface area (Å²) in [7, 11) is 0. The number of aromatic nitrogens is 3. The van der Waals surface area contributed by atoms with Gasteiger partial charge in [-0.1, -0.05) is 0 Å². The van der Waals surface area contributed by atoms with E-state index < -0.39 is 0 Å². The van der Waals surface area contributed by atoms with E-state index in [0.717, 1.165) is 0 Å². The Hall–Kier alpha value is -1.19. The summed E-state index contributed by atoms with van der Waals surface area (Å²) in [5.74, 6) is 0.244. The van der Waals surface area contributed by atoms with E-state index in [4.69, 9.17) is 0 Å². The highest BCUT2D eigenvalue weighted by atomic mass is 16.1. The van der Waals surface area contributed by atoms with Crippen LogP contribution in [-0.4, -0.2) is 21.1 Å². The van der Waals surface area contributed by atoms with E-state index in [9.17, 15) is 4.79 Å². The SMILES string of the molecule is CC(C)n1cnc(C=O)n1. The minimum absolute atomic E-state index is 0.244. The third-order valence-corrected chi connectivity index (χ3v) is 1.16. The van der Waals surface area contributed by atoms with Crippen LogP contribution in [0.4, 0.5) is 0 Å². The smallest absolute Gasteiger partial charge is 0.213 e. The first-order valence-corrected chi connectivity index (χ1v) is 3.10. The van der Waals surface area contributed by atoms with Crippen molar-refractivity contribution in [3.05, 3.63) is 12.2 Å². The van der Waals surface area contributed by atoms with Crippen LogP contribution in [0.5, 0.6) is 0 Å². The monoisotopic (exact) mass is 139 g/mol. The molecule has 1 rings (SSSR count). The van der Waals surface area contributed by atoms with Crippen LogP contribution in [0.2, 0.25) is 0 Å². The fraction of sp³-hybridized carbons (Fsp3) is 0.500. The molecule has 0 N–H and O–H groups in total. The zero-order chi connectivity index (χ0) is 7.56. The molecule has 0 aliphatic heterocycles. The van der Waals surface area contributed by atoms with E-state index in [2.05, 4.69) is 10.1 Å². The van der Waals surface area contributed by atoms with Gasteiger partial charge in [-0.15, -0.1) is 5.10 Å². The van der Waals surface area contributed by atoms with Crippen LogP contribution in [0.15, 0.2) is 6.33 Å². The van der Waals surface area contributed by atoms with Crippen molar-refractivity contribution in [2.24, 2.45) is 0 Å². The number of hydrogen-bond donors (Lipinski definition) is 0. The molecule has 0 aliphatic carbocycles. The van der Waals surface area contributed by atoms with Gasteiger partial charge >= 0.3 is 0 Å². The molecule has 0 atom stereocenters. The van der Waals surface area contributed by atoms with Crippen LogP contribution in [0.3, 0.4) is 0 Å². The Kier molecular flexibility index (Phi) is 1.80. The Bertz CT molecular complexity index is 229. The summed E-state index contributed by atoms with van der Waals surface area (Å²) >= 11 is 0. The van der Waals surface area contributed by atoms with Crippen molar-refractivity contribution in [1.29, 1.82) is 0 Å². The highest BCUT2D eigenvalue weighted by Gasteiger charge is 2.00. The minimum Gasteiger partial charge on any atom is -0.294 e. The molecule has 1 aromatic heterocycles. The Labute approximate surface area is 58.9 Å². The van der Waals surface area contributed by atoms with Gasteiger partial charge in [0, 0.05) is 6.04 Å². The Morgan fingerprint density at radius 2 is 2.40 bits per heavy atom. The molecular weight excluding hydrogens is 130 g/mol. The van der Waals surface area contributed by atoms with Crippen LogP contribution in [0.25, 0.3) is 0 Å². The Morgan fingerprint density at radius 1 is 1.70 bits per heavy atom. The van der Waals surface area contributed by atoms with E-state index in [-0.39, 0.29) is 11.9 Å². The maximum atomic E-state index is 10.1. The first kappa shape index (κ1) is 6.92. The summed E-state index contributed by atoms with van der Waals surface area (Å²) in [5.41, 5.74) is 0. The lowest BCUT2D eigenvalue weighted by Crippen LogP contribution is -2.01. The molecule has 10 heavy (non-hydrogen) atoms. The van der Waals surface area contributed by atoms with Crippen molar-refractivity contribution in [3.63, 3.8) is 0 Å². The van der Waals surface area contributed by atoms with E-state index >= 15 is 0 Å². The van der Waals surface area contributed by atoms with Crippen molar-refractivity contribution in [2.75, 3.05) is 0 Å². The van der Waals surface area contributed by atoms with Gasteiger partial charge in [-0.2, -0.15) is 0 Å². The summed E-state index contributed by atoms with van der Waals surface area (Å²) < 4.78 is 1.64. The van der Waals surface area contributed by atoms with Crippen LogP contribution < -0.4 is 0 Å². The number of hydrogen-bond acceptors (Lipinski definition) is 3. The van der Waals surface area contributed by atoms with Gasteiger partial charge in [-0.25, -0.2) is 9.67 Å². The molecule has 4 heteroatoms. The molecule has 0 saturated carbocycles. The summed E-state index contributed by atoms with van der Waals surface area (Å²) in [6.07, 6.45) is 2.19. The van der Waals surface area contributed by atoms with Crippen LogP contribution >= 0.6 is 0 Å². The highest BCUT2D eigenvalue weighted by Crippen LogP contribution is 1.98. The topological polar surface area (TPSA) is 47.8 Å². The molecule has 0 aliphatic rings. The molecule has 0 amide bonds. The molecule has 0 bridgehead atoms. The van der Waals surface area contributed by atoms with Gasteiger partial charge in [0.15, 0.2) is 6.29 Å². The van der Waals surface area contributed by atoms with E-state index in [1.807, 2.05) is 13.8 Å². The number of carbonyl (C=O) groups excluding carboxylic acids is 1. The van der Waals surface area contributed by atoms with Crippen molar-refractivity contribution < 1.29 is 4.79 Å². The molecule has 1 heterocycles. The molecule has 0 radical (unpaired) electrons. The molecule has 0 aromatic carbocycles. The van der Waals surface area contributed by atoms with Gasteiger partial charge < -0.3 is 0 Å². The fourth-order valence-electron chi connectivity index (χ4n) is 0.591. The van der Waals surface area contributed by atoms with E-state index in [1.54, 1.807) is 11.0 Å². The number of carbonyl (C=O) groups is 1. The molecular formula is C6H9N3O. The van der Waals surface area contributed by atoms with Gasteiger partial charge in [0.05, 0.1) is 0 Å². The predicted octanol–water partition coefficient (Wildman–Crippen LogP) is 0.671. The van der Waals surface area contributed by atoms with Crippen LogP contribution in [0.1, 0.15) is 30.5 Å². The minimum atomic E-state index is 0.244. The maximum Gasteiger partial charge on any atom is 0.213 e. The lowest BCUT2D eigenvalue weighted by molar-refractivity contribution is 0.111. The lowest BCUT2D eigenvalue weighted by Gasteiger charge is -2.00. The number of rotatable bonds is 2. The first-order valence-electron chi connectivity index (χ1n) is 3.10. The third kappa shape index (κ3) is 1.21. The van der Waals surface area contributed by atoms with Crippen molar-refractivity contribution in [3.8, 4) is 0 Å². The lowest BCUT2D eigenvalue weighted by atomic mass is 10.4. The molecule has 54 valence electrons. The second-order valence-corrected chi connectivity index (χ2v) is 2.29. The molecule has 0 unspecified atom stereocenters. The zero-order valence-electron chi connectivity index (χ0n) is 5.98. The van der Waals surface area contributed by atoms with Crippen LogP contribution in [0, 0.1) is 0 Å². The summed E-state index contributed by atoms with van der Waals surface area (Å²) in [4.78, 5) is 13.8. The second kappa shape index (κ2) is 2.60. The van der Waals surface area contributed by atoms with Gasteiger partial charge in [0.2, 0.25) is 5.82 Å². The van der Waals surface area contributed by atoms with Crippen molar-refractivity contribution in [1.82, 2.24) is 14.8 Å². The third-order valence-electron chi connectivity index (χ3n) is 1.16. The first-order chi connectivity index (χ1) is 4.74. The number of aldehydes is 1. The second-order valence-electron chi connectivity index (χ2n) is 2.29. The molecule has 1 aromatic rings. The summed E-state index contributed by atoms with van der Waals surface area (Å²) in [6, 6.07) is 0.265. The standard InChI is InChI=1S/C6H9N3O/c1-5(2)9-4-7-6(3-10)8-9/h3-5H,1-2H3. The Balaban J connectivity index is 2.88. The van der Waals surface area contributed by atoms with Crippen LogP contribution in [-0.2, 0) is 0 Å². The average molecular weight is 139 g/mol. The highest BCUT2D eigenvalue weighted by molar-refractivity contribution is 5.68. The largest absolute Gasteiger partial charge is 0.294 e. The van der Waals surface area contributed by atoms with E-state index in [0.29, 0.717) is 6.29 Å². The fourth-order valence-corrected chi connectivity index (χ4v) is 0.591. The zero-order valence-corrected chi connectivity index (χ0v) is 5.98. The number of nitrogens with zero attached hydrogens (tertiary/aromatic N) is 3. The van der Waals surface area contributed by atoms with Crippen molar-refractivity contribution >= 4 is 6.29 Å². The average Bonchev–Trinajstić information content (AvgIpc) is 2.34. The molecule has 0 saturated heterocycles. The summed E-state index contributed by atoms with van der Waals surface area (Å²) in [6.45, 7) is 3.95. The maximum absolute atomic E-state index is 10.1. The predicted molar refractivity (Wildman–Crippen MR) is 35.8 cm³/mol. The summed E-state index contributed by atoms with van der Waals surface area (Å²) in [5, 5.41) is 3.87. The van der Waals surface area contributed by atoms with E-state index in [1.165, 1.54) is 0 Å². The van der Waals surface area contributed by atoms with Gasteiger partial charge in [-0.05, 0) is 13.8 Å². The molecule has 0 spiro atoms. The van der Waals surface area contributed by atoms with Gasteiger partial charge in [0.25, 0.3) is 0 Å². The van der Waals surface area contributed by atoms with Gasteiger partial charge in [0.1, 0.15) is 6.33 Å². The van der Waals surface area contributed by atoms with Gasteiger partial charge in [-0.3, -0.25) is 4.79 Å². The molecule has 0 fully saturated rings. The molecule has 4 nitrogen and oxygen atoms in total.